The second-order valence-corrected chi connectivity index (χ2v) is 4.74. The molecule has 0 aliphatic rings. The van der Waals surface area contributed by atoms with Crippen molar-refractivity contribution in [3.8, 4) is 5.75 Å². The highest BCUT2D eigenvalue weighted by Crippen LogP contribution is 2.25. The second-order valence-electron chi connectivity index (χ2n) is 4.74. The zero-order valence-corrected chi connectivity index (χ0v) is 11.8. The third-order valence-corrected chi connectivity index (χ3v) is 3.11. The number of benzene rings is 2. The lowest BCUT2D eigenvalue weighted by molar-refractivity contribution is -0.116. The molecule has 1 N–H and O–H groups in total. The van der Waals surface area contributed by atoms with E-state index in [1.165, 1.54) is 5.56 Å². The van der Waals surface area contributed by atoms with Crippen molar-refractivity contribution < 1.29 is 9.53 Å². The van der Waals surface area contributed by atoms with E-state index in [1.807, 2.05) is 55.5 Å². The van der Waals surface area contributed by atoms with Crippen molar-refractivity contribution in [2.24, 2.45) is 0 Å². The van der Waals surface area contributed by atoms with E-state index in [4.69, 9.17) is 4.74 Å². The third-order valence-electron chi connectivity index (χ3n) is 3.11. The summed E-state index contributed by atoms with van der Waals surface area (Å²) in [5.41, 5.74) is 2.99. The molecule has 0 atom stereocenters. The Morgan fingerprint density at radius 2 is 1.90 bits per heavy atom. The number of rotatable bonds is 5. The summed E-state index contributed by atoms with van der Waals surface area (Å²) in [6.07, 6.45) is 1.20. The first-order valence-electron chi connectivity index (χ1n) is 6.67. The van der Waals surface area contributed by atoms with Gasteiger partial charge in [-0.15, -0.1) is 0 Å². The number of aryl methyl sites for hydroxylation is 2. The molecule has 0 unspecified atom stereocenters. The van der Waals surface area contributed by atoms with Crippen molar-refractivity contribution in [1.29, 1.82) is 0 Å². The molecule has 20 heavy (non-hydrogen) atoms. The summed E-state index contributed by atoms with van der Waals surface area (Å²) in [4.78, 5) is 12.0. The van der Waals surface area contributed by atoms with Gasteiger partial charge in [0.2, 0.25) is 5.91 Å². The molecule has 0 heterocycles. The van der Waals surface area contributed by atoms with Gasteiger partial charge < -0.3 is 10.1 Å². The van der Waals surface area contributed by atoms with Gasteiger partial charge in [-0.3, -0.25) is 4.79 Å². The zero-order valence-electron chi connectivity index (χ0n) is 11.8. The Balaban J connectivity index is 1.95. The van der Waals surface area contributed by atoms with Gasteiger partial charge in [0, 0.05) is 6.42 Å². The van der Waals surface area contributed by atoms with Crippen LogP contribution in [0.1, 0.15) is 17.5 Å². The van der Waals surface area contributed by atoms with Crippen molar-refractivity contribution in [1.82, 2.24) is 0 Å². The molecule has 2 aromatic carbocycles. The molecule has 2 aromatic rings. The number of hydrogen-bond acceptors (Lipinski definition) is 2. The van der Waals surface area contributed by atoms with Crippen molar-refractivity contribution in [3.05, 3.63) is 59.7 Å². The number of nitrogens with one attached hydrogen (secondary N) is 1. The van der Waals surface area contributed by atoms with E-state index in [0.717, 1.165) is 17.7 Å². The number of ether oxygens (including phenoxy) is 1. The van der Waals surface area contributed by atoms with Gasteiger partial charge in [0.1, 0.15) is 5.75 Å². The first-order chi connectivity index (χ1) is 9.69. The van der Waals surface area contributed by atoms with Gasteiger partial charge >= 0.3 is 0 Å². The van der Waals surface area contributed by atoms with Crippen molar-refractivity contribution in [2.45, 2.75) is 19.8 Å². The number of methoxy groups -OCH3 is 1. The quantitative estimate of drug-likeness (QED) is 0.901. The maximum Gasteiger partial charge on any atom is 0.224 e. The highest BCUT2D eigenvalue weighted by atomic mass is 16.5. The molecule has 0 aliphatic carbocycles. The van der Waals surface area contributed by atoms with Crippen LogP contribution in [-0.4, -0.2) is 13.0 Å². The molecule has 1 amide bonds. The topological polar surface area (TPSA) is 38.3 Å². The minimum atomic E-state index is -0.00370. The molecule has 0 bridgehead atoms. The van der Waals surface area contributed by atoms with E-state index < -0.39 is 0 Å². The molecule has 2 rings (SSSR count). The van der Waals surface area contributed by atoms with E-state index in [2.05, 4.69) is 5.32 Å². The summed E-state index contributed by atoms with van der Waals surface area (Å²) in [5.74, 6) is 0.689. The summed E-state index contributed by atoms with van der Waals surface area (Å²) in [7, 11) is 1.61. The van der Waals surface area contributed by atoms with Crippen LogP contribution in [-0.2, 0) is 11.2 Å². The molecule has 104 valence electrons. The molecule has 0 aromatic heterocycles. The second kappa shape index (κ2) is 6.75. The van der Waals surface area contributed by atoms with Gasteiger partial charge in [-0.2, -0.15) is 0 Å². The van der Waals surface area contributed by atoms with Crippen LogP contribution >= 0.6 is 0 Å². The van der Waals surface area contributed by atoms with Gasteiger partial charge in [0.15, 0.2) is 0 Å². The predicted octanol–water partition coefficient (Wildman–Crippen LogP) is 3.57. The van der Waals surface area contributed by atoms with Crippen LogP contribution in [0.25, 0.3) is 0 Å². The van der Waals surface area contributed by atoms with Gasteiger partial charge in [-0.05, 0) is 36.6 Å². The Labute approximate surface area is 119 Å². The number of carbonyl (C=O) groups excluding carboxylic acids is 1. The van der Waals surface area contributed by atoms with Gasteiger partial charge in [0.05, 0.1) is 12.8 Å². The van der Waals surface area contributed by atoms with E-state index in [1.54, 1.807) is 7.11 Å². The molecule has 0 spiro atoms. The van der Waals surface area contributed by atoms with Crippen LogP contribution in [0.15, 0.2) is 48.5 Å². The summed E-state index contributed by atoms with van der Waals surface area (Å²) in [5, 5.41) is 2.89. The maximum atomic E-state index is 12.0. The Bertz CT molecular complexity index is 579. The lowest BCUT2D eigenvalue weighted by Gasteiger charge is -2.11. The summed E-state index contributed by atoms with van der Waals surface area (Å²) in [6, 6.07) is 15.7. The molecule has 0 radical (unpaired) electrons. The Kier molecular flexibility index (Phi) is 4.77. The lowest BCUT2D eigenvalue weighted by Crippen LogP contribution is -2.13. The minimum Gasteiger partial charge on any atom is -0.495 e. The Morgan fingerprint density at radius 1 is 1.15 bits per heavy atom. The summed E-state index contributed by atoms with van der Waals surface area (Å²) < 4.78 is 5.28. The van der Waals surface area contributed by atoms with Gasteiger partial charge in [-0.25, -0.2) is 0 Å². The highest BCUT2D eigenvalue weighted by molar-refractivity contribution is 5.92. The normalized spacial score (nSPS) is 10.1. The minimum absolute atomic E-state index is 0.00370. The first-order valence-corrected chi connectivity index (χ1v) is 6.67. The van der Waals surface area contributed by atoms with Crippen molar-refractivity contribution in [3.63, 3.8) is 0 Å². The standard InChI is InChI=1S/C17H19NO2/c1-13-8-10-15(16(12-13)20-2)18-17(19)11-9-14-6-4-3-5-7-14/h3-8,10,12H,9,11H2,1-2H3,(H,18,19). The first kappa shape index (κ1) is 14.1. The fraction of sp³-hybridized carbons (Fsp3) is 0.235. The molecule has 3 nitrogen and oxygen atoms in total. The molecule has 0 saturated heterocycles. The number of amides is 1. The van der Waals surface area contributed by atoms with Crippen molar-refractivity contribution in [2.75, 3.05) is 12.4 Å². The zero-order chi connectivity index (χ0) is 14.4. The average molecular weight is 269 g/mol. The van der Waals surface area contributed by atoms with Crippen LogP contribution in [0, 0.1) is 6.92 Å². The van der Waals surface area contributed by atoms with Crippen LogP contribution in [0.5, 0.6) is 5.75 Å². The fourth-order valence-corrected chi connectivity index (χ4v) is 2.02. The summed E-state index contributed by atoms with van der Waals surface area (Å²) in [6.45, 7) is 1.99. The number of hydrogen-bond donors (Lipinski definition) is 1. The molecular weight excluding hydrogens is 250 g/mol. The molecular formula is C17H19NO2. The number of anilines is 1. The maximum absolute atomic E-state index is 12.0. The highest BCUT2D eigenvalue weighted by Gasteiger charge is 2.07. The Morgan fingerprint density at radius 3 is 2.60 bits per heavy atom. The van der Waals surface area contributed by atoms with Crippen LogP contribution in [0.4, 0.5) is 5.69 Å². The molecule has 0 saturated carbocycles. The molecule has 0 fully saturated rings. The monoisotopic (exact) mass is 269 g/mol. The molecule has 0 aliphatic heterocycles. The van der Waals surface area contributed by atoms with Crippen LogP contribution in [0.2, 0.25) is 0 Å². The average Bonchev–Trinajstić information content (AvgIpc) is 2.48. The van der Waals surface area contributed by atoms with Crippen LogP contribution in [0.3, 0.4) is 0 Å². The third kappa shape index (κ3) is 3.85. The van der Waals surface area contributed by atoms with Crippen molar-refractivity contribution >= 4 is 11.6 Å². The SMILES string of the molecule is COc1cc(C)ccc1NC(=O)CCc1ccccc1. The van der Waals surface area contributed by atoms with E-state index in [-0.39, 0.29) is 5.91 Å². The smallest absolute Gasteiger partial charge is 0.224 e. The fourth-order valence-electron chi connectivity index (χ4n) is 2.02. The van der Waals surface area contributed by atoms with Gasteiger partial charge in [0.25, 0.3) is 0 Å². The largest absolute Gasteiger partial charge is 0.495 e. The van der Waals surface area contributed by atoms with Gasteiger partial charge in [-0.1, -0.05) is 36.4 Å². The van der Waals surface area contributed by atoms with E-state index in [9.17, 15) is 4.79 Å². The van der Waals surface area contributed by atoms with E-state index >= 15 is 0 Å². The molecule has 3 heteroatoms. The van der Waals surface area contributed by atoms with E-state index in [0.29, 0.717) is 12.2 Å². The van der Waals surface area contributed by atoms with Crippen LogP contribution < -0.4 is 10.1 Å². The summed E-state index contributed by atoms with van der Waals surface area (Å²) >= 11 is 0. The lowest BCUT2D eigenvalue weighted by atomic mass is 10.1. The number of carbonyl (C=O) groups is 1. The Hall–Kier alpha value is -2.29. The predicted molar refractivity (Wildman–Crippen MR) is 81.1 cm³/mol.